The van der Waals surface area contributed by atoms with E-state index in [1.807, 2.05) is 18.2 Å². The number of hydrogen-bond acceptors (Lipinski definition) is 2. The predicted octanol–water partition coefficient (Wildman–Crippen LogP) is 3.95. The highest BCUT2D eigenvalue weighted by Crippen LogP contribution is 2.18. The molecule has 0 saturated carbocycles. The summed E-state index contributed by atoms with van der Waals surface area (Å²) in [5.41, 5.74) is 3.71. The molecule has 0 amide bonds. The normalized spacial score (nSPS) is 10.2. The van der Waals surface area contributed by atoms with Crippen molar-refractivity contribution >= 4 is 11.7 Å². The molecule has 0 aromatic heterocycles. The summed E-state index contributed by atoms with van der Waals surface area (Å²) in [6, 6.07) is 15.3. The Kier molecular flexibility index (Phi) is 4.77. The van der Waals surface area contributed by atoms with Crippen LogP contribution in [0.3, 0.4) is 0 Å². The standard InChI is InChI=1S/C17H19NO2/c1-2-6-14-8-3-4-10-16(14)18-12-13-7-5-9-15(11-13)17(19)20/h3-5,7-11,18H,2,6,12H2,1H3,(H,19,20). The molecule has 2 rings (SSSR count). The van der Waals surface area contributed by atoms with Gasteiger partial charge in [0.15, 0.2) is 0 Å². The first-order valence-electron chi connectivity index (χ1n) is 6.84. The van der Waals surface area contributed by atoms with E-state index in [2.05, 4.69) is 24.4 Å². The Morgan fingerprint density at radius 3 is 2.70 bits per heavy atom. The van der Waals surface area contributed by atoms with Crippen LogP contribution in [0.1, 0.15) is 34.8 Å². The third-order valence-electron chi connectivity index (χ3n) is 3.19. The van der Waals surface area contributed by atoms with Crippen LogP contribution in [0.25, 0.3) is 0 Å². The number of aryl methyl sites for hydroxylation is 1. The molecule has 0 spiro atoms. The molecule has 104 valence electrons. The Labute approximate surface area is 119 Å². The van der Waals surface area contributed by atoms with Crippen LogP contribution in [-0.4, -0.2) is 11.1 Å². The molecule has 3 nitrogen and oxygen atoms in total. The Morgan fingerprint density at radius 1 is 1.15 bits per heavy atom. The number of rotatable bonds is 6. The molecule has 20 heavy (non-hydrogen) atoms. The van der Waals surface area contributed by atoms with Crippen molar-refractivity contribution in [1.29, 1.82) is 0 Å². The molecule has 0 unspecified atom stereocenters. The van der Waals surface area contributed by atoms with Crippen molar-refractivity contribution in [2.75, 3.05) is 5.32 Å². The van der Waals surface area contributed by atoms with E-state index in [1.54, 1.807) is 18.2 Å². The monoisotopic (exact) mass is 269 g/mol. The molecule has 2 aromatic rings. The fourth-order valence-corrected chi connectivity index (χ4v) is 2.19. The van der Waals surface area contributed by atoms with E-state index >= 15 is 0 Å². The lowest BCUT2D eigenvalue weighted by molar-refractivity contribution is 0.0697. The second-order valence-corrected chi connectivity index (χ2v) is 4.77. The number of aromatic carboxylic acids is 1. The quantitative estimate of drug-likeness (QED) is 0.834. The van der Waals surface area contributed by atoms with E-state index in [0.717, 1.165) is 24.1 Å². The van der Waals surface area contributed by atoms with Crippen molar-refractivity contribution in [1.82, 2.24) is 0 Å². The van der Waals surface area contributed by atoms with Gasteiger partial charge in [0.25, 0.3) is 0 Å². The van der Waals surface area contributed by atoms with Crippen molar-refractivity contribution in [3.05, 3.63) is 65.2 Å². The number of hydrogen-bond donors (Lipinski definition) is 2. The molecule has 0 bridgehead atoms. The molecule has 0 aliphatic heterocycles. The van der Waals surface area contributed by atoms with Gasteiger partial charge in [0.05, 0.1) is 5.56 Å². The van der Waals surface area contributed by atoms with Gasteiger partial charge in [-0.3, -0.25) is 0 Å². The largest absolute Gasteiger partial charge is 0.478 e. The molecule has 0 aliphatic carbocycles. The molecular formula is C17H19NO2. The Morgan fingerprint density at radius 2 is 1.95 bits per heavy atom. The second-order valence-electron chi connectivity index (χ2n) is 4.77. The van der Waals surface area contributed by atoms with Gasteiger partial charge in [-0.1, -0.05) is 43.7 Å². The summed E-state index contributed by atoms with van der Waals surface area (Å²) < 4.78 is 0. The Bertz CT molecular complexity index is 593. The number of nitrogens with one attached hydrogen (secondary N) is 1. The van der Waals surface area contributed by atoms with Gasteiger partial charge in [0, 0.05) is 12.2 Å². The number of carboxylic acid groups (broad SMARTS) is 1. The van der Waals surface area contributed by atoms with Crippen molar-refractivity contribution in [2.24, 2.45) is 0 Å². The van der Waals surface area contributed by atoms with E-state index in [9.17, 15) is 4.79 Å². The fourth-order valence-electron chi connectivity index (χ4n) is 2.19. The van der Waals surface area contributed by atoms with Gasteiger partial charge in [-0.15, -0.1) is 0 Å². The molecular weight excluding hydrogens is 250 g/mol. The first kappa shape index (κ1) is 14.1. The topological polar surface area (TPSA) is 49.3 Å². The molecule has 0 radical (unpaired) electrons. The van der Waals surface area contributed by atoms with E-state index in [0.29, 0.717) is 12.1 Å². The van der Waals surface area contributed by atoms with Crippen molar-refractivity contribution < 1.29 is 9.90 Å². The maximum atomic E-state index is 10.9. The van der Waals surface area contributed by atoms with Gasteiger partial charge >= 0.3 is 5.97 Å². The third-order valence-corrected chi connectivity index (χ3v) is 3.19. The van der Waals surface area contributed by atoms with Gasteiger partial charge in [-0.25, -0.2) is 4.79 Å². The number of carboxylic acids is 1. The summed E-state index contributed by atoms with van der Waals surface area (Å²) in [5.74, 6) is -0.891. The SMILES string of the molecule is CCCc1ccccc1NCc1cccc(C(=O)O)c1. The lowest BCUT2D eigenvalue weighted by Gasteiger charge is -2.11. The van der Waals surface area contributed by atoms with Crippen LogP contribution < -0.4 is 5.32 Å². The number of benzene rings is 2. The molecule has 0 fully saturated rings. The second kappa shape index (κ2) is 6.75. The summed E-state index contributed by atoms with van der Waals surface area (Å²) in [7, 11) is 0. The lowest BCUT2D eigenvalue weighted by Crippen LogP contribution is -2.04. The molecule has 3 heteroatoms. The molecule has 2 aromatic carbocycles. The van der Waals surface area contributed by atoms with Crippen LogP contribution in [0, 0.1) is 0 Å². The zero-order valence-electron chi connectivity index (χ0n) is 11.6. The van der Waals surface area contributed by atoms with Crippen LogP contribution in [0.4, 0.5) is 5.69 Å². The highest BCUT2D eigenvalue weighted by Gasteiger charge is 2.04. The highest BCUT2D eigenvalue weighted by atomic mass is 16.4. The average Bonchev–Trinajstić information content (AvgIpc) is 2.47. The molecule has 0 aliphatic rings. The van der Waals surface area contributed by atoms with Crippen LogP contribution in [0.5, 0.6) is 0 Å². The number of carbonyl (C=O) groups is 1. The van der Waals surface area contributed by atoms with E-state index in [-0.39, 0.29) is 0 Å². The van der Waals surface area contributed by atoms with Gasteiger partial charge in [0.2, 0.25) is 0 Å². The molecule has 2 N–H and O–H groups in total. The molecule has 0 heterocycles. The summed E-state index contributed by atoms with van der Waals surface area (Å²) in [5, 5.41) is 12.4. The zero-order valence-corrected chi connectivity index (χ0v) is 11.6. The minimum atomic E-state index is -0.891. The van der Waals surface area contributed by atoms with E-state index < -0.39 is 5.97 Å². The first-order valence-corrected chi connectivity index (χ1v) is 6.84. The van der Waals surface area contributed by atoms with Crippen LogP contribution >= 0.6 is 0 Å². The smallest absolute Gasteiger partial charge is 0.335 e. The highest BCUT2D eigenvalue weighted by molar-refractivity contribution is 5.87. The van der Waals surface area contributed by atoms with Gasteiger partial charge in [-0.05, 0) is 35.7 Å². The summed E-state index contributed by atoms with van der Waals surface area (Å²) in [6.07, 6.45) is 2.14. The summed E-state index contributed by atoms with van der Waals surface area (Å²) in [6.45, 7) is 2.79. The van der Waals surface area contributed by atoms with Crippen LogP contribution in [0.15, 0.2) is 48.5 Å². The average molecular weight is 269 g/mol. The van der Waals surface area contributed by atoms with E-state index in [1.165, 1.54) is 5.56 Å². The lowest BCUT2D eigenvalue weighted by atomic mass is 10.1. The Balaban J connectivity index is 2.09. The van der Waals surface area contributed by atoms with Gasteiger partial charge < -0.3 is 10.4 Å². The van der Waals surface area contributed by atoms with Crippen LogP contribution in [0.2, 0.25) is 0 Å². The predicted molar refractivity (Wildman–Crippen MR) is 81.2 cm³/mol. The van der Waals surface area contributed by atoms with Crippen molar-refractivity contribution in [3.8, 4) is 0 Å². The molecule has 0 atom stereocenters. The van der Waals surface area contributed by atoms with Gasteiger partial charge in [0.1, 0.15) is 0 Å². The minimum Gasteiger partial charge on any atom is -0.478 e. The summed E-state index contributed by atoms with van der Waals surface area (Å²) in [4.78, 5) is 10.9. The minimum absolute atomic E-state index is 0.325. The Hall–Kier alpha value is -2.29. The van der Waals surface area contributed by atoms with Gasteiger partial charge in [-0.2, -0.15) is 0 Å². The maximum absolute atomic E-state index is 10.9. The third kappa shape index (κ3) is 3.60. The molecule has 0 saturated heterocycles. The number of para-hydroxylation sites is 1. The van der Waals surface area contributed by atoms with Crippen molar-refractivity contribution in [2.45, 2.75) is 26.3 Å². The first-order chi connectivity index (χ1) is 9.70. The zero-order chi connectivity index (χ0) is 14.4. The maximum Gasteiger partial charge on any atom is 0.335 e. The number of anilines is 1. The van der Waals surface area contributed by atoms with Crippen LogP contribution in [-0.2, 0) is 13.0 Å². The summed E-state index contributed by atoms with van der Waals surface area (Å²) >= 11 is 0. The van der Waals surface area contributed by atoms with E-state index in [4.69, 9.17) is 5.11 Å². The fraction of sp³-hybridized carbons (Fsp3) is 0.235. The van der Waals surface area contributed by atoms with Crippen molar-refractivity contribution in [3.63, 3.8) is 0 Å².